The highest BCUT2D eigenvalue weighted by Crippen LogP contribution is 2.29. The van der Waals surface area contributed by atoms with Crippen molar-refractivity contribution in [3.05, 3.63) is 41.0 Å². The molecule has 4 rings (SSSR count). The van der Waals surface area contributed by atoms with Crippen molar-refractivity contribution in [1.82, 2.24) is 25.8 Å². The van der Waals surface area contributed by atoms with Gasteiger partial charge in [-0.2, -0.15) is 0 Å². The molecule has 42 heavy (non-hydrogen) atoms. The monoisotopic (exact) mass is 599 g/mol. The van der Waals surface area contributed by atoms with Gasteiger partial charge in [0.1, 0.15) is 18.7 Å². The number of aryl methyl sites for hydroxylation is 1. The van der Waals surface area contributed by atoms with Crippen molar-refractivity contribution < 1.29 is 24.2 Å². The minimum Gasteiger partial charge on any atom is -0.391 e. The first-order chi connectivity index (χ1) is 19.9. The minimum absolute atomic E-state index is 0.0275. The fourth-order valence-electron chi connectivity index (χ4n) is 5.55. The summed E-state index contributed by atoms with van der Waals surface area (Å²) < 4.78 is 5.77. The van der Waals surface area contributed by atoms with Gasteiger partial charge in [-0.25, -0.2) is 4.98 Å². The number of piperidine rings is 1. The highest BCUT2D eigenvalue weighted by Gasteiger charge is 2.44. The molecule has 3 amide bonds. The standard InChI is InChI=1S/C31H45N5O5S/c1-20-26(42-19-34-20)22-8-6-21(7-9-22)15-33-28(39)24-14-23(37)16-36(24)29(40)27(30(2,3)4)35-25(38)17-41-18-31(5)10-12-32-13-11-31/h6-9,19,23-24,27,32,37H,10-18H2,1-5H3,(H,33,39)(H,35,38)/t23-,24+,27-/m1/s1. The van der Waals surface area contributed by atoms with Crippen LogP contribution in [0.2, 0.25) is 0 Å². The number of hydrogen-bond acceptors (Lipinski definition) is 8. The van der Waals surface area contributed by atoms with Gasteiger partial charge in [-0.05, 0) is 54.8 Å². The number of aliphatic hydroxyl groups excluding tert-OH is 1. The van der Waals surface area contributed by atoms with Crippen molar-refractivity contribution in [2.24, 2.45) is 10.8 Å². The topological polar surface area (TPSA) is 133 Å². The van der Waals surface area contributed by atoms with Crippen LogP contribution in [0.15, 0.2) is 29.8 Å². The maximum atomic E-state index is 13.8. The Bertz CT molecular complexity index is 1240. The first-order valence-electron chi connectivity index (χ1n) is 14.7. The largest absolute Gasteiger partial charge is 0.391 e. The summed E-state index contributed by atoms with van der Waals surface area (Å²) in [6.07, 6.45) is 1.28. The average Bonchev–Trinajstić information content (AvgIpc) is 3.55. The van der Waals surface area contributed by atoms with Crippen LogP contribution in [0, 0.1) is 17.8 Å². The van der Waals surface area contributed by atoms with Gasteiger partial charge in [0, 0.05) is 19.5 Å². The number of carbonyl (C=O) groups excluding carboxylic acids is 3. The van der Waals surface area contributed by atoms with Crippen LogP contribution in [-0.2, 0) is 25.7 Å². The summed E-state index contributed by atoms with van der Waals surface area (Å²) in [6, 6.07) is 6.21. The lowest BCUT2D eigenvalue weighted by atomic mass is 9.82. The molecule has 11 heteroatoms. The predicted molar refractivity (Wildman–Crippen MR) is 163 cm³/mol. The number of ether oxygens (including phenoxy) is 1. The van der Waals surface area contributed by atoms with E-state index in [0.29, 0.717) is 13.2 Å². The highest BCUT2D eigenvalue weighted by molar-refractivity contribution is 7.13. The average molecular weight is 600 g/mol. The van der Waals surface area contributed by atoms with Crippen molar-refractivity contribution in [3.8, 4) is 10.4 Å². The second-order valence-electron chi connectivity index (χ2n) is 13.0. The fraction of sp³-hybridized carbons (Fsp3) is 0.613. The number of nitrogens with one attached hydrogen (secondary N) is 3. The Morgan fingerprint density at radius 3 is 2.52 bits per heavy atom. The van der Waals surface area contributed by atoms with Crippen molar-refractivity contribution in [1.29, 1.82) is 0 Å². The van der Waals surface area contributed by atoms with Crippen molar-refractivity contribution in [3.63, 3.8) is 0 Å². The minimum atomic E-state index is -0.883. The normalized spacial score (nSPS) is 21.1. The maximum absolute atomic E-state index is 13.8. The molecule has 0 saturated carbocycles. The third-order valence-electron chi connectivity index (χ3n) is 8.21. The summed E-state index contributed by atoms with van der Waals surface area (Å²) in [6.45, 7) is 12.3. The number of thiazole rings is 1. The molecular formula is C31H45N5O5S. The van der Waals surface area contributed by atoms with Crippen LogP contribution >= 0.6 is 11.3 Å². The van der Waals surface area contributed by atoms with Gasteiger partial charge in [0.2, 0.25) is 17.7 Å². The molecule has 0 spiro atoms. The Balaban J connectivity index is 1.34. The van der Waals surface area contributed by atoms with E-state index in [-0.39, 0.29) is 42.7 Å². The van der Waals surface area contributed by atoms with Gasteiger partial charge >= 0.3 is 0 Å². The van der Waals surface area contributed by atoms with Crippen LogP contribution in [0.5, 0.6) is 0 Å². The lowest BCUT2D eigenvalue weighted by Gasteiger charge is -2.36. The number of likely N-dealkylation sites (tertiary alicyclic amines) is 1. The van der Waals surface area contributed by atoms with Crippen LogP contribution in [-0.4, -0.2) is 83.7 Å². The molecule has 1 aromatic heterocycles. The Hall–Kier alpha value is -2.86. The first kappa shape index (κ1) is 32.1. The molecule has 2 aliphatic heterocycles. The van der Waals surface area contributed by atoms with E-state index < -0.39 is 23.6 Å². The SMILES string of the molecule is Cc1ncsc1-c1ccc(CNC(=O)[C@@H]2C[C@@H](O)CN2C(=O)[C@@H](NC(=O)COCC2(C)CCNCC2)C(C)(C)C)cc1. The van der Waals surface area contributed by atoms with Gasteiger partial charge in [-0.15, -0.1) is 11.3 Å². The Kier molecular flexibility index (Phi) is 10.4. The number of amides is 3. The first-order valence-corrected chi connectivity index (χ1v) is 15.6. The number of aromatic nitrogens is 1. The molecule has 230 valence electrons. The van der Waals surface area contributed by atoms with E-state index in [0.717, 1.165) is 47.6 Å². The summed E-state index contributed by atoms with van der Waals surface area (Å²) >= 11 is 1.59. The number of aliphatic hydroxyl groups is 1. The number of carbonyl (C=O) groups is 3. The summed E-state index contributed by atoms with van der Waals surface area (Å²) in [7, 11) is 0. The Morgan fingerprint density at radius 2 is 1.90 bits per heavy atom. The van der Waals surface area contributed by atoms with Gasteiger partial charge in [-0.1, -0.05) is 52.0 Å². The number of benzene rings is 1. The smallest absolute Gasteiger partial charge is 0.246 e. The van der Waals surface area contributed by atoms with Crippen LogP contribution in [0.25, 0.3) is 10.4 Å². The zero-order valence-electron chi connectivity index (χ0n) is 25.4. The van der Waals surface area contributed by atoms with E-state index >= 15 is 0 Å². The van der Waals surface area contributed by atoms with Crippen LogP contribution < -0.4 is 16.0 Å². The van der Waals surface area contributed by atoms with Gasteiger partial charge < -0.3 is 30.7 Å². The van der Waals surface area contributed by atoms with Crippen molar-refractivity contribution >= 4 is 29.1 Å². The van der Waals surface area contributed by atoms with Crippen molar-refractivity contribution in [2.75, 3.05) is 32.8 Å². The third kappa shape index (κ3) is 8.15. The van der Waals surface area contributed by atoms with E-state index in [9.17, 15) is 19.5 Å². The lowest BCUT2D eigenvalue weighted by Crippen LogP contribution is -2.58. The lowest BCUT2D eigenvalue weighted by molar-refractivity contribution is -0.144. The van der Waals surface area contributed by atoms with Gasteiger partial charge in [0.05, 0.1) is 28.8 Å². The summed E-state index contributed by atoms with van der Waals surface area (Å²) in [5, 5.41) is 19.6. The molecule has 1 aromatic carbocycles. The second kappa shape index (κ2) is 13.6. The molecule has 0 bridgehead atoms. The molecular weight excluding hydrogens is 554 g/mol. The number of nitrogens with zero attached hydrogens (tertiary/aromatic N) is 2. The quantitative estimate of drug-likeness (QED) is 0.330. The maximum Gasteiger partial charge on any atom is 0.246 e. The van der Waals surface area contributed by atoms with Gasteiger partial charge in [0.25, 0.3) is 0 Å². The van der Waals surface area contributed by atoms with Gasteiger partial charge in [-0.3, -0.25) is 14.4 Å². The highest BCUT2D eigenvalue weighted by atomic mass is 32.1. The molecule has 2 aliphatic rings. The Labute approximate surface area is 252 Å². The molecule has 3 heterocycles. The summed E-state index contributed by atoms with van der Waals surface area (Å²) in [5.74, 6) is -1.10. The summed E-state index contributed by atoms with van der Waals surface area (Å²) in [4.78, 5) is 46.7. The van der Waals surface area contributed by atoms with Crippen molar-refractivity contribution in [2.45, 2.75) is 78.6 Å². The van der Waals surface area contributed by atoms with Crippen LogP contribution in [0.1, 0.15) is 58.2 Å². The summed E-state index contributed by atoms with van der Waals surface area (Å²) in [5.41, 5.74) is 4.20. The molecule has 0 aliphatic carbocycles. The molecule has 0 radical (unpaired) electrons. The van der Waals surface area contributed by atoms with E-state index in [2.05, 4.69) is 27.9 Å². The predicted octanol–water partition coefficient (Wildman–Crippen LogP) is 2.63. The van der Waals surface area contributed by atoms with E-state index in [1.165, 1.54) is 4.90 Å². The number of hydrogen-bond donors (Lipinski definition) is 4. The molecule has 4 N–H and O–H groups in total. The van der Waals surface area contributed by atoms with E-state index in [1.54, 1.807) is 11.3 Å². The second-order valence-corrected chi connectivity index (χ2v) is 13.9. The molecule has 0 unspecified atom stereocenters. The molecule has 3 atom stereocenters. The number of β-amino-alcohol motifs (C(OH)–C–C–N with tert-alkyl or cyclic N) is 1. The van der Waals surface area contributed by atoms with E-state index in [4.69, 9.17) is 4.74 Å². The fourth-order valence-corrected chi connectivity index (χ4v) is 6.36. The Morgan fingerprint density at radius 1 is 1.21 bits per heavy atom. The molecule has 2 saturated heterocycles. The van der Waals surface area contributed by atoms with Crippen LogP contribution in [0.4, 0.5) is 0 Å². The zero-order valence-corrected chi connectivity index (χ0v) is 26.2. The number of rotatable bonds is 10. The van der Waals surface area contributed by atoms with E-state index in [1.807, 2.05) is 57.5 Å². The molecule has 2 aromatic rings. The zero-order chi connectivity index (χ0) is 30.5. The molecule has 2 fully saturated rings. The van der Waals surface area contributed by atoms with Crippen LogP contribution in [0.3, 0.4) is 0 Å². The van der Waals surface area contributed by atoms with Gasteiger partial charge in [0.15, 0.2) is 0 Å². The molecule has 10 nitrogen and oxygen atoms in total. The third-order valence-corrected chi connectivity index (χ3v) is 9.18.